The normalized spacial score (nSPS) is 8.35. The van der Waals surface area contributed by atoms with E-state index >= 15 is 0 Å². The lowest BCUT2D eigenvalue weighted by Gasteiger charge is -1.84. The van der Waals surface area contributed by atoms with E-state index in [0.717, 1.165) is 16.5 Å². The molecule has 2 heterocycles. The molecule has 0 aromatic carbocycles. The maximum atomic E-state index is 10.2. The summed E-state index contributed by atoms with van der Waals surface area (Å²) in [6, 6.07) is 5.69. The molecule has 0 radical (unpaired) electrons. The van der Waals surface area contributed by atoms with Crippen molar-refractivity contribution in [2.75, 3.05) is 0 Å². The predicted octanol–water partition coefficient (Wildman–Crippen LogP) is 3.01. The molecule has 0 aliphatic heterocycles. The van der Waals surface area contributed by atoms with Crippen molar-refractivity contribution in [2.45, 2.75) is 13.8 Å². The maximum Gasteiger partial charge on any atom is 0.355 e. The summed E-state index contributed by atoms with van der Waals surface area (Å²) in [5.74, 6) is 1.20. The van der Waals surface area contributed by atoms with Gasteiger partial charge in [0.15, 0.2) is 16.9 Å². The van der Waals surface area contributed by atoms with E-state index in [9.17, 15) is 4.79 Å². The summed E-state index contributed by atoms with van der Waals surface area (Å²) in [6.07, 6.45) is 6.87. The minimum atomic E-state index is -1.04. The average molecular weight is 312 g/mol. The Labute approximate surface area is 127 Å². The number of aryl methyl sites for hydroxylation is 1. The molecule has 2 aromatic heterocycles. The van der Waals surface area contributed by atoms with Crippen LogP contribution in [0.4, 0.5) is 0 Å². The van der Waals surface area contributed by atoms with E-state index in [1.807, 2.05) is 49.9 Å². The minimum absolute atomic E-state index is 0.0120. The molecule has 0 unspecified atom stereocenters. The number of carboxylic acid groups (broad SMARTS) is 1. The van der Waals surface area contributed by atoms with E-state index in [4.69, 9.17) is 23.1 Å². The van der Waals surface area contributed by atoms with Crippen LogP contribution in [0.3, 0.4) is 0 Å². The predicted molar refractivity (Wildman–Crippen MR) is 81.0 cm³/mol. The van der Waals surface area contributed by atoms with Gasteiger partial charge in [0, 0.05) is 17.5 Å². The van der Waals surface area contributed by atoms with Gasteiger partial charge in [-0.15, -0.1) is 17.8 Å². The second kappa shape index (κ2) is 9.96. The lowest BCUT2D eigenvalue weighted by Crippen LogP contribution is -2.27. The van der Waals surface area contributed by atoms with Crippen LogP contribution in [0.25, 0.3) is 0 Å². The first-order valence-corrected chi connectivity index (χ1v) is 7.06. The van der Waals surface area contributed by atoms with Crippen molar-refractivity contribution in [1.82, 2.24) is 4.98 Å². The Bertz CT molecular complexity index is 570. The van der Waals surface area contributed by atoms with Crippen LogP contribution in [0, 0.1) is 12.3 Å². The Hall–Kier alpha value is -1.90. The molecular formula is C14H16ClN2O2S+. The summed E-state index contributed by atoms with van der Waals surface area (Å²) < 4.78 is 1.85. The molecule has 20 heavy (non-hydrogen) atoms. The monoisotopic (exact) mass is 311 g/mol. The van der Waals surface area contributed by atoms with E-state index in [0.29, 0.717) is 5.01 Å². The topological polar surface area (TPSA) is 54.1 Å². The molecule has 6 heteroatoms. The molecule has 2 aromatic rings. The zero-order chi connectivity index (χ0) is 15.5. The molecule has 0 spiro atoms. The van der Waals surface area contributed by atoms with Gasteiger partial charge >= 0.3 is 5.97 Å². The second-order valence-electron chi connectivity index (χ2n) is 3.12. The summed E-state index contributed by atoms with van der Waals surface area (Å²) in [5.41, 5.74) is 0.0120. The van der Waals surface area contributed by atoms with Crippen molar-refractivity contribution < 1.29 is 14.5 Å². The zero-order valence-electron chi connectivity index (χ0n) is 11.5. The molecule has 0 fully saturated rings. The van der Waals surface area contributed by atoms with E-state index in [1.165, 1.54) is 5.38 Å². The number of terminal acetylenes is 1. The van der Waals surface area contributed by atoms with Gasteiger partial charge in [0.2, 0.25) is 0 Å². The smallest absolute Gasteiger partial charge is 0.355 e. The number of hydrogen-bond donors (Lipinski definition) is 1. The number of halogens is 1. The molecule has 0 atom stereocenters. The van der Waals surface area contributed by atoms with Crippen LogP contribution in [-0.4, -0.2) is 16.1 Å². The number of pyridine rings is 1. The third-order valence-electron chi connectivity index (χ3n) is 1.84. The molecule has 0 bridgehead atoms. The van der Waals surface area contributed by atoms with Crippen LogP contribution in [0.15, 0.2) is 29.8 Å². The van der Waals surface area contributed by atoms with Gasteiger partial charge in [-0.25, -0.2) is 9.78 Å². The van der Waals surface area contributed by atoms with Crippen molar-refractivity contribution in [3.8, 4) is 12.3 Å². The van der Waals surface area contributed by atoms with Gasteiger partial charge in [-0.3, -0.25) is 0 Å². The van der Waals surface area contributed by atoms with Gasteiger partial charge < -0.3 is 5.11 Å². The Morgan fingerprint density at radius 3 is 2.45 bits per heavy atom. The number of carboxylic acids is 1. The van der Waals surface area contributed by atoms with Gasteiger partial charge in [0.05, 0.1) is 0 Å². The largest absolute Gasteiger partial charge is 0.476 e. The van der Waals surface area contributed by atoms with Crippen LogP contribution in [0.5, 0.6) is 0 Å². The zero-order valence-corrected chi connectivity index (χ0v) is 13.1. The highest BCUT2D eigenvalue weighted by atomic mass is 35.5. The Kier molecular flexibility index (Phi) is 9.01. The molecule has 1 N–H and O–H groups in total. The molecule has 2 rings (SSSR count). The molecule has 4 nitrogen and oxygen atoms in total. The summed E-state index contributed by atoms with van der Waals surface area (Å²) in [4.78, 5) is 13.8. The van der Waals surface area contributed by atoms with E-state index in [-0.39, 0.29) is 5.69 Å². The molecular weight excluding hydrogens is 296 g/mol. The minimum Gasteiger partial charge on any atom is -0.476 e. The number of aromatic carboxylic acids is 1. The SMILES string of the molecule is C#Cc1nc(C(=O)O)cs1.CC.C[n+]1ccccc1Cl. The number of hydrogen-bond acceptors (Lipinski definition) is 3. The Morgan fingerprint density at radius 1 is 1.50 bits per heavy atom. The van der Waals surface area contributed by atoms with Crippen LogP contribution in [0.2, 0.25) is 5.15 Å². The molecule has 106 valence electrons. The lowest BCUT2D eigenvalue weighted by atomic mass is 10.5. The van der Waals surface area contributed by atoms with Crippen molar-refractivity contribution >= 4 is 28.9 Å². The first-order valence-electron chi connectivity index (χ1n) is 5.80. The molecule has 0 saturated heterocycles. The van der Waals surface area contributed by atoms with E-state index in [1.54, 1.807) is 0 Å². The number of aromatic nitrogens is 2. The molecule has 0 aliphatic rings. The quantitative estimate of drug-likeness (QED) is 0.500. The van der Waals surface area contributed by atoms with Gasteiger partial charge in [0.25, 0.3) is 5.15 Å². The Balaban J connectivity index is 0.000000327. The Morgan fingerprint density at radius 2 is 2.15 bits per heavy atom. The van der Waals surface area contributed by atoms with Crippen LogP contribution in [-0.2, 0) is 7.05 Å². The number of nitrogens with zero attached hydrogens (tertiary/aromatic N) is 2. The first-order chi connectivity index (χ1) is 9.54. The number of carbonyl (C=O) groups is 1. The third kappa shape index (κ3) is 6.32. The average Bonchev–Trinajstić information content (AvgIpc) is 2.94. The number of rotatable bonds is 1. The highest BCUT2D eigenvalue weighted by Crippen LogP contribution is 2.07. The van der Waals surface area contributed by atoms with Crippen molar-refractivity contribution in [3.05, 3.63) is 45.6 Å². The van der Waals surface area contributed by atoms with Gasteiger partial charge in [-0.2, -0.15) is 4.57 Å². The third-order valence-corrected chi connectivity index (χ3v) is 3.00. The van der Waals surface area contributed by atoms with Crippen molar-refractivity contribution in [1.29, 1.82) is 0 Å². The van der Waals surface area contributed by atoms with Gasteiger partial charge in [-0.1, -0.05) is 13.8 Å². The standard InChI is InChI=1S/C6H7ClN.C6H3NO2S.C2H6/c1-8-5-3-2-4-6(8)7;1-2-5-7-4(3-10-5)6(8)9;1-2/h2-5H,1H3;1,3H,(H,8,9);1-2H3/q+1;;. The summed E-state index contributed by atoms with van der Waals surface area (Å²) in [5, 5.41) is 10.9. The van der Waals surface area contributed by atoms with Crippen LogP contribution in [0.1, 0.15) is 29.3 Å². The summed E-state index contributed by atoms with van der Waals surface area (Å²) in [6.45, 7) is 4.00. The van der Waals surface area contributed by atoms with Crippen LogP contribution < -0.4 is 4.57 Å². The van der Waals surface area contributed by atoms with Gasteiger partial charge in [-0.05, 0) is 23.6 Å². The van der Waals surface area contributed by atoms with E-state index in [2.05, 4.69) is 10.9 Å². The maximum absolute atomic E-state index is 10.2. The lowest BCUT2D eigenvalue weighted by molar-refractivity contribution is -0.669. The highest BCUT2D eigenvalue weighted by molar-refractivity contribution is 7.10. The van der Waals surface area contributed by atoms with E-state index < -0.39 is 5.97 Å². The second-order valence-corrected chi connectivity index (χ2v) is 4.37. The van der Waals surface area contributed by atoms with Crippen molar-refractivity contribution in [2.24, 2.45) is 7.05 Å². The number of thiazole rings is 1. The fraction of sp³-hybridized carbons (Fsp3) is 0.214. The summed E-state index contributed by atoms with van der Waals surface area (Å²) >= 11 is 6.82. The molecule has 0 aliphatic carbocycles. The summed E-state index contributed by atoms with van der Waals surface area (Å²) in [7, 11) is 1.91. The molecule has 0 saturated carbocycles. The fourth-order valence-corrected chi connectivity index (χ4v) is 1.67. The van der Waals surface area contributed by atoms with Crippen molar-refractivity contribution in [3.63, 3.8) is 0 Å². The van der Waals surface area contributed by atoms with Gasteiger partial charge in [0.1, 0.15) is 7.05 Å². The molecule has 0 amide bonds. The first kappa shape index (κ1) is 18.1. The van der Waals surface area contributed by atoms with Crippen LogP contribution >= 0.6 is 22.9 Å². The fourth-order valence-electron chi connectivity index (χ4n) is 0.941. The highest BCUT2D eigenvalue weighted by Gasteiger charge is 2.05.